The Bertz CT molecular complexity index is 1190. The first-order valence-electron chi connectivity index (χ1n) is 10.9. The van der Waals surface area contributed by atoms with Crippen LogP contribution in [0.2, 0.25) is 0 Å². The van der Waals surface area contributed by atoms with Crippen molar-refractivity contribution in [1.29, 1.82) is 0 Å². The zero-order valence-electron chi connectivity index (χ0n) is 19.0. The fraction of sp³-hybridized carbons (Fsp3) is 0.417. The largest absolute Gasteiger partial charge is 0.493 e. The van der Waals surface area contributed by atoms with Gasteiger partial charge in [-0.2, -0.15) is 0 Å². The Hall–Kier alpha value is -3.07. The van der Waals surface area contributed by atoms with E-state index in [9.17, 15) is 18.0 Å². The molecule has 33 heavy (non-hydrogen) atoms. The summed E-state index contributed by atoms with van der Waals surface area (Å²) in [7, 11) is -1.91. The van der Waals surface area contributed by atoms with E-state index in [1.165, 1.54) is 12.0 Å². The Morgan fingerprint density at radius 2 is 1.97 bits per heavy atom. The smallest absolute Gasteiger partial charge is 0.255 e. The summed E-state index contributed by atoms with van der Waals surface area (Å²) < 4.78 is 35.7. The van der Waals surface area contributed by atoms with Gasteiger partial charge in [0.1, 0.15) is 9.84 Å². The number of methoxy groups -OCH3 is 1. The lowest BCUT2D eigenvalue weighted by Gasteiger charge is -2.28. The normalized spacial score (nSPS) is 16.3. The Balaban J connectivity index is 1.72. The molecule has 2 aromatic rings. The Labute approximate surface area is 193 Å². The third-order valence-corrected chi connectivity index (χ3v) is 6.75. The van der Waals surface area contributed by atoms with Crippen molar-refractivity contribution < 1.29 is 27.5 Å². The fourth-order valence-electron chi connectivity index (χ4n) is 4.14. The minimum atomic E-state index is -3.44. The molecule has 1 fully saturated rings. The van der Waals surface area contributed by atoms with Crippen molar-refractivity contribution >= 4 is 21.7 Å². The van der Waals surface area contributed by atoms with Gasteiger partial charge < -0.3 is 19.7 Å². The van der Waals surface area contributed by atoms with Crippen molar-refractivity contribution in [2.24, 2.45) is 0 Å². The van der Waals surface area contributed by atoms with Crippen LogP contribution >= 0.6 is 0 Å². The summed E-state index contributed by atoms with van der Waals surface area (Å²) in [6.45, 7) is 2.47. The summed E-state index contributed by atoms with van der Waals surface area (Å²) >= 11 is 0. The molecule has 0 spiro atoms. The van der Waals surface area contributed by atoms with E-state index in [0.29, 0.717) is 40.4 Å². The highest BCUT2D eigenvalue weighted by Gasteiger charge is 2.38. The summed E-state index contributed by atoms with van der Waals surface area (Å²) in [5, 5.41) is 2.93. The zero-order valence-corrected chi connectivity index (χ0v) is 19.8. The Kier molecular flexibility index (Phi) is 6.34. The number of rotatable bonds is 9. The lowest BCUT2D eigenvalue weighted by atomic mass is 10.0. The van der Waals surface area contributed by atoms with Gasteiger partial charge in [0.15, 0.2) is 11.5 Å². The maximum atomic E-state index is 13.6. The molecular weight excluding hydrogens is 444 g/mol. The lowest BCUT2D eigenvalue weighted by molar-refractivity contribution is 0.0713. The molecule has 0 radical (unpaired) electrons. The van der Waals surface area contributed by atoms with E-state index in [1.807, 2.05) is 6.92 Å². The fourth-order valence-corrected chi connectivity index (χ4v) is 5.08. The highest BCUT2D eigenvalue weighted by atomic mass is 32.2. The molecule has 0 aromatic heterocycles. The van der Waals surface area contributed by atoms with E-state index in [0.717, 1.165) is 19.1 Å². The number of carbonyl (C=O) groups excluding carboxylic acids is 2. The molecule has 0 unspecified atom stereocenters. The number of amides is 2. The van der Waals surface area contributed by atoms with Gasteiger partial charge in [0.25, 0.3) is 11.8 Å². The molecule has 8 nitrogen and oxygen atoms in total. The van der Waals surface area contributed by atoms with Gasteiger partial charge >= 0.3 is 0 Å². The molecule has 1 N–H and O–H groups in total. The SMILES string of the molecule is CCOc1cc([C@@H](CS(C)(=O)=O)N2Cc3cccc(C(=O)NC4CC4)c3C2=O)ccc1OC. The third-order valence-electron chi connectivity index (χ3n) is 5.83. The van der Waals surface area contributed by atoms with Crippen LogP contribution in [0.1, 0.15) is 57.7 Å². The molecule has 1 heterocycles. The first kappa shape index (κ1) is 23.1. The maximum Gasteiger partial charge on any atom is 0.255 e. The number of nitrogens with zero attached hydrogens (tertiary/aromatic N) is 1. The van der Waals surface area contributed by atoms with Crippen molar-refractivity contribution in [3.8, 4) is 11.5 Å². The minimum absolute atomic E-state index is 0.162. The van der Waals surface area contributed by atoms with Gasteiger partial charge in [0, 0.05) is 18.8 Å². The number of ether oxygens (including phenoxy) is 2. The monoisotopic (exact) mass is 472 g/mol. The summed E-state index contributed by atoms with van der Waals surface area (Å²) in [6, 6.07) is 9.78. The van der Waals surface area contributed by atoms with Crippen molar-refractivity contribution in [3.63, 3.8) is 0 Å². The topological polar surface area (TPSA) is 102 Å². The van der Waals surface area contributed by atoms with E-state index in [1.54, 1.807) is 36.4 Å². The number of benzene rings is 2. The molecule has 9 heteroatoms. The molecule has 1 aliphatic heterocycles. The van der Waals surface area contributed by atoms with Crippen molar-refractivity contribution in [2.75, 3.05) is 25.7 Å². The second-order valence-corrected chi connectivity index (χ2v) is 10.7. The van der Waals surface area contributed by atoms with Gasteiger partial charge in [-0.3, -0.25) is 9.59 Å². The first-order chi connectivity index (χ1) is 15.7. The van der Waals surface area contributed by atoms with Crippen molar-refractivity contribution in [1.82, 2.24) is 10.2 Å². The predicted molar refractivity (Wildman–Crippen MR) is 123 cm³/mol. The first-order valence-corrected chi connectivity index (χ1v) is 13.0. The van der Waals surface area contributed by atoms with Crippen LogP contribution in [0.3, 0.4) is 0 Å². The highest BCUT2D eigenvalue weighted by molar-refractivity contribution is 7.90. The summed E-state index contributed by atoms with van der Waals surface area (Å²) in [6.07, 6.45) is 3.03. The minimum Gasteiger partial charge on any atom is -0.493 e. The molecule has 0 bridgehead atoms. The number of fused-ring (bicyclic) bond motifs is 1. The molecule has 2 aromatic carbocycles. The van der Waals surface area contributed by atoms with Crippen molar-refractivity contribution in [2.45, 2.75) is 38.4 Å². The van der Waals surface area contributed by atoms with E-state index in [-0.39, 0.29) is 30.2 Å². The molecule has 2 amide bonds. The average molecular weight is 473 g/mol. The molecule has 2 aliphatic rings. The van der Waals surface area contributed by atoms with Crippen molar-refractivity contribution in [3.05, 3.63) is 58.7 Å². The van der Waals surface area contributed by atoms with Gasteiger partial charge in [0.2, 0.25) is 0 Å². The number of carbonyl (C=O) groups is 2. The third kappa shape index (κ3) is 4.98. The van der Waals surface area contributed by atoms with E-state index in [4.69, 9.17) is 9.47 Å². The lowest BCUT2D eigenvalue weighted by Crippen LogP contribution is -2.34. The molecule has 4 rings (SSSR count). The number of sulfone groups is 1. The van der Waals surface area contributed by atoms with Gasteiger partial charge in [-0.15, -0.1) is 0 Å². The number of hydrogen-bond donors (Lipinski definition) is 1. The Morgan fingerprint density at radius 3 is 2.61 bits per heavy atom. The van der Waals surface area contributed by atoms with Crippen LogP contribution in [0.15, 0.2) is 36.4 Å². The van der Waals surface area contributed by atoms with Crippen LogP contribution in [0, 0.1) is 0 Å². The maximum absolute atomic E-state index is 13.6. The molecule has 176 valence electrons. The van der Waals surface area contributed by atoms with Crippen LogP contribution in [-0.2, 0) is 16.4 Å². The summed E-state index contributed by atoms with van der Waals surface area (Å²) in [4.78, 5) is 27.8. The molecular formula is C24H28N2O6S. The second-order valence-electron chi connectivity index (χ2n) is 8.47. The Morgan fingerprint density at radius 1 is 1.21 bits per heavy atom. The van der Waals surface area contributed by atoms with Gasteiger partial charge in [-0.05, 0) is 49.1 Å². The zero-order chi connectivity index (χ0) is 23.8. The van der Waals surface area contributed by atoms with E-state index >= 15 is 0 Å². The van der Waals surface area contributed by atoms with E-state index in [2.05, 4.69) is 5.32 Å². The van der Waals surface area contributed by atoms with E-state index < -0.39 is 15.9 Å². The van der Waals surface area contributed by atoms with Crippen LogP contribution in [0.5, 0.6) is 11.5 Å². The van der Waals surface area contributed by atoms with Gasteiger partial charge in [0.05, 0.1) is 36.6 Å². The summed E-state index contributed by atoms with van der Waals surface area (Å²) in [5.41, 5.74) is 2.00. The van der Waals surface area contributed by atoms with Crippen LogP contribution < -0.4 is 14.8 Å². The molecule has 1 saturated carbocycles. The second kappa shape index (κ2) is 9.05. The molecule has 1 atom stereocenters. The van der Waals surface area contributed by atoms with Gasteiger partial charge in [-0.25, -0.2) is 8.42 Å². The number of nitrogens with one attached hydrogen (secondary N) is 1. The predicted octanol–water partition coefficient (Wildman–Crippen LogP) is 2.73. The standard InChI is InChI=1S/C24H28N2O6S/c1-4-32-21-12-15(8-11-20(21)31-2)19(14-33(3,29)30)26-13-16-6-5-7-18(22(16)24(26)28)23(27)25-17-9-10-17/h5-8,11-12,17,19H,4,9-10,13-14H2,1-3H3,(H,25,27)/t19-/m1/s1. The van der Waals surface area contributed by atoms with Crippen LogP contribution in [-0.4, -0.2) is 56.9 Å². The highest BCUT2D eigenvalue weighted by Crippen LogP contribution is 2.37. The molecule has 0 saturated heterocycles. The molecule has 1 aliphatic carbocycles. The average Bonchev–Trinajstić information content (AvgIpc) is 3.52. The quantitative estimate of drug-likeness (QED) is 0.602. The van der Waals surface area contributed by atoms with Crippen LogP contribution in [0.4, 0.5) is 0 Å². The summed E-state index contributed by atoms with van der Waals surface area (Å²) in [5.74, 6) is 0.119. The van der Waals surface area contributed by atoms with Crippen LogP contribution in [0.25, 0.3) is 0 Å². The van der Waals surface area contributed by atoms with Gasteiger partial charge in [-0.1, -0.05) is 18.2 Å². The number of hydrogen-bond acceptors (Lipinski definition) is 6.